The lowest BCUT2D eigenvalue weighted by Crippen LogP contribution is -2.60. The maximum absolute atomic E-state index is 12.3. The number of aryl methyl sites for hydroxylation is 1. The van der Waals surface area contributed by atoms with Crippen LogP contribution >= 0.6 is 23.6 Å². The molecule has 7 heteroatoms. The Kier molecular flexibility index (Phi) is 4.97. The minimum absolute atomic E-state index is 0.00805. The molecule has 1 aromatic heterocycles. The molecule has 2 heterocycles. The topological polar surface area (TPSA) is 57.3 Å². The standard InChI is InChI=1S/C18H24N4OS2/c1-11-6-5-7-13-15(11)20-16(25-13)19-14(23)8-9-22-12(2)10-18(3,4)21-17(22)24/h5-7,12H,8-10H2,1-4H3,(H,21,24)(H,19,20,23)/t12-/m1/s1. The molecule has 134 valence electrons. The highest BCUT2D eigenvalue weighted by atomic mass is 32.1. The third-order valence-corrected chi connectivity index (χ3v) is 5.76. The van der Waals surface area contributed by atoms with Gasteiger partial charge in [0.1, 0.15) is 0 Å². The highest BCUT2D eigenvalue weighted by Crippen LogP contribution is 2.28. The van der Waals surface area contributed by atoms with Crippen LogP contribution in [-0.4, -0.2) is 39.0 Å². The van der Waals surface area contributed by atoms with Crippen molar-refractivity contribution in [2.24, 2.45) is 0 Å². The van der Waals surface area contributed by atoms with Gasteiger partial charge in [0.05, 0.1) is 10.2 Å². The molecule has 1 saturated heterocycles. The number of hydrogen-bond donors (Lipinski definition) is 2. The van der Waals surface area contributed by atoms with E-state index in [9.17, 15) is 4.79 Å². The summed E-state index contributed by atoms with van der Waals surface area (Å²) in [5.74, 6) is -0.0310. The summed E-state index contributed by atoms with van der Waals surface area (Å²) in [7, 11) is 0. The van der Waals surface area contributed by atoms with Crippen LogP contribution in [0.15, 0.2) is 18.2 Å². The van der Waals surface area contributed by atoms with Crippen molar-refractivity contribution in [3.8, 4) is 0 Å². The zero-order valence-electron chi connectivity index (χ0n) is 15.0. The molecule has 0 unspecified atom stereocenters. The van der Waals surface area contributed by atoms with Crippen molar-refractivity contribution >= 4 is 49.9 Å². The number of nitrogens with one attached hydrogen (secondary N) is 2. The van der Waals surface area contributed by atoms with Crippen LogP contribution in [0.2, 0.25) is 0 Å². The number of aromatic nitrogens is 1. The molecule has 2 aromatic rings. The molecule has 0 aliphatic carbocycles. The van der Waals surface area contributed by atoms with Crippen LogP contribution in [0.25, 0.3) is 10.2 Å². The quantitative estimate of drug-likeness (QED) is 0.797. The van der Waals surface area contributed by atoms with Gasteiger partial charge in [-0.05, 0) is 58.0 Å². The lowest BCUT2D eigenvalue weighted by Gasteiger charge is -2.44. The Labute approximate surface area is 157 Å². The molecule has 2 N–H and O–H groups in total. The summed E-state index contributed by atoms with van der Waals surface area (Å²) < 4.78 is 1.09. The predicted molar refractivity (Wildman–Crippen MR) is 108 cm³/mol. The normalized spacial score (nSPS) is 19.8. The molecule has 3 rings (SSSR count). The van der Waals surface area contributed by atoms with Crippen molar-refractivity contribution in [2.45, 2.75) is 52.1 Å². The van der Waals surface area contributed by atoms with E-state index >= 15 is 0 Å². The van der Waals surface area contributed by atoms with Crippen molar-refractivity contribution < 1.29 is 4.79 Å². The van der Waals surface area contributed by atoms with Gasteiger partial charge in [-0.2, -0.15) is 0 Å². The SMILES string of the molecule is Cc1cccc2sc(NC(=O)CCN3C(=S)NC(C)(C)C[C@H]3C)nc12. The first-order valence-corrected chi connectivity index (χ1v) is 9.72. The van der Waals surface area contributed by atoms with Crippen LogP contribution in [0, 0.1) is 6.92 Å². The van der Waals surface area contributed by atoms with Crippen LogP contribution in [0.5, 0.6) is 0 Å². The van der Waals surface area contributed by atoms with Crippen LogP contribution < -0.4 is 10.6 Å². The van der Waals surface area contributed by atoms with E-state index in [0.29, 0.717) is 24.1 Å². The molecule has 1 aliphatic rings. The zero-order valence-corrected chi connectivity index (χ0v) is 16.7. The lowest BCUT2D eigenvalue weighted by molar-refractivity contribution is -0.116. The molecular weight excluding hydrogens is 352 g/mol. The Bertz CT molecular complexity index is 815. The molecule has 1 atom stereocenters. The monoisotopic (exact) mass is 376 g/mol. The smallest absolute Gasteiger partial charge is 0.227 e. The summed E-state index contributed by atoms with van der Waals surface area (Å²) in [4.78, 5) is 19.0. The summed E-state index contributed by atoms with van der Waals surface area (Å²) >= 11 is 6.97. The van der Waals surface area contributed by atoms with E-state index in [1.165, 1.54) is 11.3 Å². The van der Waals surface area contributed by atoms with E-state index in [4.69, 9.17) is 12.2 Å². The summed E-state index contributed by atoms with van der Waals surface area (Å²) in [6.45, 7) is 9.09. The number of anilines is 1. The van der Waals surface area contributed by atoms with Gasteiger partial charge in [-0.25, -0.2) is 4.98 Å². The molecule has 0 spiro atoms. The molecular formula is C18H24N4OS2. The van der Waals surface area contributed by atoms with Gasteiger partial charge >= 0.3 is 0 Å². The second kappa shape index (κ2) is 6.88. The van der Waals surface area contributed by atoms with Gasteiger partial charge in [-0.15, -0.1) is 0 Å². The molecule has 5 nitrogen and oxygen atoms in total. The second-order valence-corrected chi connectivity index (χ2v) is 8.72. The van der Waals surface area contributed by atoms with Gasteiger partial charge in [0.15, 0.2) is 10.2 Å². The second-order valence-electron chi connectivity index (χ2n) is 7.30. The van der Waals surface area contributed by atoms with E-state index in [2.05, 4.69) is 41.3 Å². The number of thiazole rings is 1. The minimum atomic E-state index is -0.0310. The fourth-order valence-corrected chi connectivity index (χ4v) is 4.83. The molecule has 0 radical (unpaired) electrons. The molecule has 1 aromatic carbocycles. The predicted octanol–water partition coefficient (Wildman–Crippen LogP) is 3.68. The number of benzene rings is 1. The summed E-state index contributed by atoms with van der Waals surface area (Å²) in [6.07, 6.45) is 1.38. The number of hydrogen-bond acceptors (Lipinski definition) is 4. The first-order chi connectivity index (χ1) is 11.7. The molecule has 0 bridgehead atoms. The highest BCUT2D eigenvalue weighted by Gasteiger charge is 2.33. The van der Waals surface area contributed by atoms with Gasteiger partial charge in [0, 0.05) is 24.5 Å². The van der Waals surface area contributed by atoms with E-state index in [-0.39, 0.29) is 11.4 Å². The molecule has 1 aliphatic heterocycles. The fraction of sp³-hybridized carbons (Fsp3) is 0.500. The summed E-state index contributed by atoms with van der Waals surface area (Å²) in [6, 6.07) is 6.38. The van der Waals surface area contributed by atoms with E-state index in [0.717, 1.165) is 27.3 Å². The number of carbonyl (C=O) groups excluding carboxylic acids is 1. The van der Waals surface area contributed by atoms with Crippen molar-refractivity contribution in [3.05, 3.63) is 23.8 Å². The van der Waals surface area contributed by atoms with Gasteiger partial charge in [0.25, 0.3) is 0 Å². The van der Waals surface area contributed by atoms with Gasteiger partial charge in [-0.1, -0.05) is 23.5 Å². The number of fused-ring (bicyclic) bond motifs is 1. The highest BCUT2D eigenvalue weighted by molar-refractivity contribution is 7.80. The number of amides is 1. The van der Waals surface area contributed by atoms with E-state index in [1.54, 1.807) is 0 Å². The number of rotatable bonds is 4. The average molecular weight is 377 g/mol. The van der Waals surface area contributed by atoms with Gasteiger partial charge in [0.2, 0.25) is 5.91 Å². The molecule has 25 heavy (non-hydrogen) atoms. The van der Waals surface area contributed by atoms with Crippen LogP contribution in [0.4, 0.5) is 5.13 Å². The first kappa shape index (κ1) is 18.1. The Balaban J connectivity index is 1.59. The maximum Gasteiger partial charge on any atom is 0.227 e. The Morgan fingerprint density at radius 2 is 2.28 bits per heavy atom. The van der Waals surface area contributed by atoms with Crippen molar-refractivity contribution in [3.63, 3.8) is 0 Å². The van der Waals surface area contributed by atoms with Crippen molar-refractivity contribution in [1.29, 1.82) is 0 Å². The number of para-hydroxylation sites is 1. The number of nitrogens with zero attached hydrogens (tertiary/aromatic N) is 2. The largest absolute Gasteiger partial charge is 0.358 e. The fourth-order valence-electron chi connectivity index (χ4n) is 3.33. The lowest BCUT2D eigenvalue weighted by atomic mass is 9.93. The van der Waals surface area contributed by atoms with Crippen LogP contribution in [-0.2, 0) is 4.79 Å². The van der Waals surface area contributed by atoms with Crippen molar-refractivity contribution in [1.82, 2.24) is 15.2 Å². The summed E-state index contributed by atoms with van der Waals surface area (Å²) in [5.41, 5.74) is 2.09. The molecule has 1 fully saturated rings. The van der Waals surface area contributed by atoms with Gasteiger partial charge < -0.3 is 15.5 Å². The van der Waals surface area contributed by atoms with Crippen LogP contribution in [0.1, 0.15) is 39.2 Å². The average Bonchev–Trinajstić information content (AvgIpc) is 2.89. The molecule has 1 amide bonds. The van der Waals surface area contributed by atoms with Crippen LogP contribution in [0.3, 0.4) is 0 Å². The zero-order chi connectivity index (χ0) is 18.2. The Hall–Kier alpha value is -1.73. The summed E-state index contributed by atoms with van der Waals surface area (Å²) in [5, 5.41) is 7.66. The van der Waals surface area contributed by atoms with Gasteiger partial charge in [-0.3, -0.25) is 4.79 Å². The Morgan fingerprint density at radius 3 is 2.96 bits per heavy atom. The Morgan fingerprint density at radius 1 is 1.52 bits per heavy atom. The third-order valence-electron chi connectivity index (χ3n) is 4.49. The molecule has 0 saturated carbocycles. The van der Waals surface area contributed by atoms with E-state index in [1.807, 2.05) is 25.1 Å². The van der Waals surface area contributed by atoms with E-state index < -0.39 is 0 Å². The minimum Gasteiger partial charge on any atom is -0.358 e. The maximum atomic E-state index is 12.3. The third kappa shape index (κ3) is 4.10. The number of carbonyl (C=O) groups is 1. The number of thiocarbonyl (C=S) groups is 1. The van der Waals surface area contributed by atoms with Crippen molar-refractivity contribution in [2.75, 3.05) is 11.9 Å². The first-order valence-electron chi connectivity index (χ1n) is 8.50.